The van der Waals surface area contributed by atoms with E-state index in [0.29, 0.717) is 0 Å². The molecule has 0 spiro atoms. The standard InChI is InChI=1S/C15H14S/c1-2-9-15-12(5-1)6-3-7-13(15)11-14-8-4-10-16-14/h1-3,5-7,9,11H,4,8,10H2. The van der Waals surface area contributed by atoms with Gasteiger partial charge in [-0.1, -0.05) is 42.5 Å². The highest BCUT2D eigenvalue weighted by Crippen LogP contribution is 2.33. The molecular formula is C15H14S. The Kier molecular flexibility index (Phi) is 2.71. The van der Waals surface area contributed by atoms with Gasteiger partial charge in [-0.3, -0.25) is 0 Å². The molecule has 0 N–H and O–H groups in total. The van der Waals surface area contributed by atoms with Crippen LogP contribution in [0.3, 0.4) is 0 Å². The van der Waals surface area contributed by atoms with Gasteiger partial charge in [0.25, 0.3) is 0 Å². The molecule has 0 aliphatic carbocycles. The number of rotatable bonds is 1. The summed E-state index contributed by atoms with van der Waals surface area (Å²) in [5.41, 5.74) is 1.36. The van der Waals surface area contributed by atoms with Gasteiger partial charge in [0.2, 0.25) is 0 Å². The summed E-state index contributed by atoms with van der Waals surface area (Å²) in [6.45, 7) is 0. The number of allylic oxidation sites excluding steroid dienone is 1. The fraction of sp³-hybridized carbons (Fsp3) is 0.200. The summed E-state index contributed by atoms with van der Waals surface area (Å²) >= 11 is 2.01. The van der Waals surface area contributed by atoms with Crippen molar-refractivity contribution in [3.8, 4) is 0 Å². The average molecular weight is 226 g/mol. The molecule has 1 saturated heterocycles. The Morgan fingerprint density at radius 2 is 1.88 bits per heavy atom. The summed E-state index contributed by atoms with van der Waals surface area (Å²) < 4.78 is 0. The van der Waals surface area contributed by atoms with E-state index >= 15 is 0 Å². The lowest BCUT2D eigenvalue weighted by atomic mass is 10.0. The van der Waals surface area contributed by atoms with Crippen molar-refractivity contribution in [3.63, 3.8) is 0 Å². The van der Waals surface area contributed by atoms with E-state index in [0.717, 1.165) is 0 Å². The van der Waals surface area contributed by atoms with Crippen LogP contribution in [0.15, 0.2) is 47.4 Å². The maximum absolute atomic E-state index is 2.36. The second kappa shape index (κ2) is 4.34. The van der Waals surface area contributed by atoms with Crippen LogP contribution < -0.4 is 0 Å². The molecule has 3 rings (SSSR count). The Morgan fingerprint density at radius 3 is 2.75 bits per heavy atom. The van der Waals surface area contributed by atoms with Crippen molar-refractivity contribution in [3.05, 3.63) is 52.9 Å². The van der Waals surface area contributed by atoms with Crippen LogP contribution in [0.5, 0.6) is 0 Å². The average Bonchev–Trinajstić information content (AvgIpc) is 2.82. The van der Waals surface area contributed by atoms with Crippen molar-refractivity contribution < 1.29 is 0 Å². The molecule has 0 unspecified atom stereocenters. The molecule has 1 fully saturated rings. The van der Waals surface area contributed by atoms with E-state index in [2.05, 4.69) is 48.5 Å². The molecule has 0 nitrogen and oxygen atoms in total. The van der Waals surface area contributed by atoms with Gasteiger partial charge in [0.05, 0.1) is 0 Å². The third-order valence-corrected chi connectivity index (χ3v) is 4.18. The van der Waals surface area contributed by atoms with Crippen LogP contribution in [0.25, 0.3) is 16.8 Å². The third-order valence-electron chi connectivity index (χ3n) is 2.99. The third kappa shape index (κ3) is 1.88. The lowest BCUT2D eigenvalue weighted by Crippen LogP contribution is -1.78. The van der Waals surface area contributed by atoms with Crippen LogP contribution in [0.2, 0.25) is 0 Å². The van der Waals surface area contributed by atoms with Crippen molar-refractivity contribution in [2.75, 3.05) is 5.75 Å². The monoisotopic (exact) mass is 226 g/mol. The number of thioether (sulfide) groups is 1. The normalized spacial score (nSPS) is 18.4. The first-order chi connectivity index (χ1) is 7.93. The van der Waals surface area contributed by atoms with Crippen molar-refractivity contribution in [2.45, 2.75) is 12.8 Å². The highest BCUT2D eigenvalue weighted by Gasteiger charge is 2.07. The lowest BCUT2D eigenvalue weighted by molar-refractivity contribution is 0.999. The predicted octanol–water partition coefficient (Wildman–Crippen LogP) is 4.71. The van der Waals surface area contributed by atoms with Gasteiger partial charge in [-0.25, -0.2) is 0 Å². The molecule has 0 radical (unpaired) electrons. The molecule has 0 bridgehead atoms. The fourth-order valence-electron chi connectivity index (χ4n) is 2.19. The Balaban J connectivity index is 2.12. The highest BCUT2D eigenvalue weighted by molar-refractivity contribution is 8.03. The minimum absolute atomic E-state index is 1.26. The number of fused-ring (bicyclic) bond motifs is 1. The smallest absolute Gasteiger partial charge is 0.00199 e. The SMILES string of the molecule is C(=C1CCCS1)c1cccc2ccccc12. The summed E-state index contributed by atoms with van der Waals surface area (Å²) in [6, 6.07) is 15.2. The Morgan fingerprint density at radius 1 is 1.00 bits per heavy atom. The maximum atomic E-state index is 2.36. The largest absolute Gasteiger partial charge is 0.131 e. The second-order valence-corrected chi connectivity index (χ2v) is 5.35. The summed E-state index contributed by atoms with van der Waals surface area (Å²) in [6.07, 6.45) is 4.95. The molecule has 0 amide bonds. The van der Waals surface area contributed by atoms with E-state index in [1.807, 2.05) is 11.8 Å². The molecule has 0 aromatic heterocycles. The molecule has 1 heterocycles. The van der Waals surface area contributed by atoms with E-state index in [9.17, 15) is 0 Å². The van der Waals surface area contributed by atoms with Crippen LogP contribution in [0, 0.1) is 0 Å². The summed E-state index contributed by atoms with van der Waals surface area (Å²) in [5, 5.41) is 2.70. The second-order valence-electron chi connectivity index (χ2n) is 4.13. The zero-order valence-corrected chi connectivity index (χ0v) is 9.96. The van der Waals surface area contributed by atoms with Crippen molar-refractivity contribution in [1.29, 1.82) is 0 Å². The van der Waals surface area contributed by atoms with Gasteiger partial charge < -0.3 is 0 Å². The fourth-order valence-corrected chi connectivity index (χ4v) is 3.24. The van der Waals surface area contributed by atoms with E-state index in [4.69, 9.17) is 0 Å². The molecule has 0 saturated carbocycles. The van der Waals surface area contributed by atoms with Crippen LogP contribution in [-0.4, -0.2) is 5.75 Å². The van der Waals surface area contributed by atoms with Gasteiger partial charge in [-0.05, 0) is 45.9 Å². The summed E-state index contributed by atoms with van der Waals surface area (Å²) in [5.74, 6) is 1.29. The Bertz CT molecular complexity index is 527. The lowest BCUT2D eigenvalue weighted by Gasteiger charge is -2.03. The quantitative estimate of drug-likeness (QED) is 0.678. The first-order valence-electron chi connectivity index (χ1n) is 5.75. The molecular weight excluding hydrogens is 212 g/mol. The Hall–Kier alpha value is -1.21. The first-order valence-corrected chi connectivity index (χ1v) is 6.73. The number of hydrogen-bond acceptors (Lipinski definition) is 1. The van der Waals surface area contributed by atoms with E-state index in [1.165, 1.54) is 39.8 Å². The van der Waals surface area contributed by atoms with Crippen LogP contribution in [0.4, 0.5) is 0 Å². The van der Waals surface area contributed by atoms with E-state index < -0.39 is 0 Å². The molecule has 1 aliphatic heterocycles. The summed E-state index contributed by atoms with van der Waals surface area (Å²) in [7, 11) is 0. The van der Waals surface area contributed by atoms with Crippen molar-refractivity contribution in [2.24, 2.45) is 0 Å². The zero-order valence-electron chi connectivity index (χ0n) is 9.15. The van der Waals surface area contributed by atoms with Gasteiger partial charge in [-0.2, -0.15) is 0 Å². The van der Waals surface area contributed by atoms with Gasteiger partial charge in [0.1, 0.15) is 0 Å². The van der Waals surface area contributed by atoms with Gasteiger partial charge in [-0.15, -0.1) is 11.8 Å². The molecule has 16 heavy (non-hydrogen) atoms. The summed E-state index contributed by atoms with van der Waals surface area (Å²) in [4.78, 5) is 1.54. The topological polar surface area (TPSA) is 0 Å². The van der Waals surface area contributed by atoms with Crippen molar-refractivity contribution in [1.82, 2.24) is 0 Å². The molecule has 0 atom stereocenters. The Labute approximate surface area is 100 Å². The van der Waals surface area contributed by atoms with E-state index in [-0.39, 0.29) is 0 Å². The predicted molar refractivity (Wildman–Crippen MR) is 73.6 cm³/mol. The molecule has 80 valence electrons. The molecule has 2 aromatic carbocycles. The van der Waals surface area contributed by atoms with Gasteiger partial charge in [0.15, 0.2) is 0 Å². The maximum Gasteiger partial charge on any atom is -0.00199 e. The van der Waals surface area contributed by atoms with Gasteiger partial charge in [0, 0.05) is 0 Å². The van der Waals surface area contributed by atoms with E-state index in [1.54, 1.807) is 0 Å². The minimum Gasteiger partial charge on any atom is -0.131 e. The zero-order chi connectivity index (χ0) is 10.8. The van der Waals surface area contributed by atoms with Gasteiger partial charge >= 0.3 is 0 Å². The first kappa shape index (κ1) is 9.98. The number of benzene rings is 2. The number of hydrogen-bond donors (Lipinski definition) is 0. The molecule has 1 heteroatoms. The molecule has 1 aliphatic rings. The van der Waals surface area contributed by atoms with Crippen LogP contribution in [0.1, 0.15) is 18.4 Å². The van der Waals surface area contributed by atoms with Crippen LogP contribution in [-0.2, 0) is 0 Å². The molecule has 2 aromatic rings. The highest BCUT2D eigenvalue weighted by atomic mass is 32.2. The van der Waals surface area contributed by atoms with Crippen LogP contribution >= 0.6 is 11.8 Å². The minimum atomic E-state index is 1.26. The van der Waals surface area contributed by atoms with Crippen molar-refractivity contribution >= 4 is 28.6 Å².